The molecule has 2 aliphatic rings. The second kappa shape index (κ2) is 8.74. The molecule has 1 saturated carbocycles. The van der Waals surface area contributed by atoms with Crippen molar-refractivity contribution in [1.29, 1.82) is 0 Å². The summed E-state index contributed by atoms with van der Waals surface area (Å²) in [6.07, 6.45) is 2.95. The summed E-state index contributed by atoms with van der Waals surface area (Å²) in [5.74, 6) is -2.32. The third-order valence-electron chi connectivity index (χ3n) is 5.49. The van der Waals surface area contributed by atoms with Crippen LogP contribution in [-0.4, -0.2) is 26.2 Å². The van der Waals surface area contributed by atoms with E-state index in [-0.39, 0.29) is 30.7 Å². The van der Waals surface area contributed by atoms with Crippen LogP contribution in [0.1, 0.15) is 49.1 Å². The first-order valence-corrected chi connectivity index (χ1v) is 9.94. The maximum atomic E-state index is 14.0. The fraction of sp³-hybridized carbons (Fsp3) is 0.684. The monoisotopic (exact) mass is 456 g/mol. The van der Waals surface area contributed by atoms with E-state index in [1.165, 1.54) is 0 Å². The highest BCUT2D eigenvalue weighted by molar-refractivity contribution is 9.09. The van der Waals surface area contributed by atoms with Gasteiger partial charge < -0.3 is 9.47 Å². The summed E-state index contributed by atoms with van der Waals surface area (Å²) < 4.78 is 78.4. The summed E-state index contributed by atoms with van der Waals surface area (Å²) in [7, 11) is 0. The van der Waals surface area contributed by atoms with Crippen molar-refractivity contribution in [3.8, 4) is 0 Å². The highest BCUT2D eigenvalue weighted by Crippen LogP contribution is 2.42. The Kier molecular flexibility index (Phi) is 6.79. The maximum absolute atomic E-state index is 14.0. The first-order valence-electron chi connectivity index (χ1n) is 9.15. The second-order valence-electron chi connectivity index (χ2n) is 7.35. The second-order valence-corrected chi connectivity index (χ2v) is 8.34. The van der Waals surface area contributed by atoms with Gasteiger partial charge in [0, 0.05) is 11.8 Å². The summed E-state index contributed by atoms with van der Waals surface area (Å²) in [6, 6.07) is 2.02. The Bertz CT molecular complexity index is 612. The van der Waals surface area contributed by atoms with Gasteiger partial charge in [0.1, 0.15) is 17.2 Å². The number of halogens is 6. The summed E-state index contributed by atoms with van der Waals surface area (Å²) in [5.41, 5.74) is -0.857. The molecule has 1 aliphatic carbocycles. The molecule has 152 valence electrons. The molecule has 0 bridgehead atoms. The molecule has 0 aromatic heterocycles. The lowest BCUT2D eigenvalue weighted by Gasteiger charge is -2.37. The number of alkyl halides is 4. The van der Waals surface area contributed by atoms with Crippen LogP contribution in [0.5, 0.6) is 0 Å². The van der Waals surface area contributed by atoms with Gasteiger partial charge in [-0.2, -0.15) is 8.78 Å². The van der Waals surface area contributed by atoms with E-state index in [4.69, 9.17) is 9.47 Å². The van der Waals surface area contributed by atoms with Gasteiger partial charge in [-0.05, 0) is 71.6 Å². The summed E-state index contributed by atoms with van der Waals surface area (Å²) in [4.78, 5) is -3.74. The van der Waals surface area contributed by atoms with Gasteiger partial charge in [0.05, 0.1) is 19.9 Å². The van der Waals surface area contributed by atoms with Crippen LogP contribution < -0.4 is 0 Å². The molecular weight excluding hydrogens is 435 g/mol. The van der Waals surface area contributed by atoms with Crippen LogP contribution in [0.2, 0.25) is 0 Å². The number of rotatable bonds is 5. The average Bonchev–Trinajstić information content (AvgIpc) is 2.61. The Morgan fingerprint density at radius 2 is 1.56 bits per heavy atom. The van der Waals surface area contributed by atoms with Gasteiger partial charge in [0.25, 0.3) is 0 Å². The molecule has 0 N–H and O–H groups in total. The van der Waals surface area contributed by atoms with E-state index < -0.39 is 22.0 Å². The van der Waals surface area contributed by atoms with Crippen LogP contribution in [0.3, 0.4) is 0 Å². The van der Waals surface area contributed by atoms with Crippen LogP contribution in [0.15, 0.2) is 12.1 Å². The molecular formula is C19H22BrF5O2. The van der Waals surface area contributed by atoms with Crippen LogP contribution in [0.25, 0.3) is 0 Å². The fourth-order valence-corrected chi connectivity index (χ4v) is 4.35. The van der Waals surface area contributed by atoms with Crippen molar-refractivity contribution in [2.75, 3.05) is 19.9 Å². The van der Waals surface area contributed by atoms with Crippen molar-refractivity contribution in [2.45, 2.75) is 49.1 Å². The van der Waals surface area contributed by atoms with Gasteiger partial charge in [-0.3, -0.25) is 4.39 Å². The fourth-order valence-electron chi connectivity index (χ4n) is 3.98. The molecule has 1 aliphatic heterocycles. The topological polar surface area (TPSA) is 18.5 Å². The molecule has 8 heteroatoms. The van der Waals surface area contributed by atoms with Gasteiger partial charge in [-0.15, -0.1) is 0 Å². The molecule has 0 unspecified atom stereocenters. The van der Waals surface area contributed by atoms with Crippen molar-refractivity contribution in [2.24, 2.45) is 11.8 Å². The average molecular weight is 457 g/mol. The minimum Gasteiger partial charge on any atom is -0.352 e. The third kappa shape index (κ3) is 5.01. The van der Waals surface area contributed by atoms with Crippen LogP contribution in [-0.2, 0) is 14.3 Å². The molecule has 2 fully saturated rings. The van der Waals surface area contributed by atoms with Crippen molar-refractivity contribution >= 4 is 15.9 Å². The first kappa shape index (κ1) is 21.0. The van der Waals surface area contributed by atoms with E-state index in [1.807, 2.05) is 15.9 Å². The van der Waals surface area contributed by atoms with Gasteiger partial charge in [-0.25, -0.2) is 8.78 Å². The molecule has 0 spiro atoms. The number of hydrogen-bond acceptors (Lipinski definition) is 2. The number of benzene rings is 1. The minimum absolute atomic E-state index is 0.0830. The molecule has 27 heavy (non-hydrogen) atoms. The molecule has 3 rings (SSSR count). The standard InChI is InChI=1S/C19H22BrF5O2/c20-19(24,25)17-15(22)7-14(8-16(17)23)12-1-3-13(4-2-12)18-26-9-11(5-6-21)10-27-18/h7-8,11-13,18H,1-6,9-10H2. The zero-order valence-electron chi connectivity index (χ0n) is 14.7. The Morgan fingerprint density at radius 1 is 1.00 bits per heavy atom. The summed E-state index contributed by atoms with van der Waals surface area (Å²) in [5, 5.41) is 0. The Balaban J connectivity index is 1.58. The van der Waals surface area contributed by atoms with Gasteiger partial charge in [0.15, 0.2) is 6.29 Å². The molecule has 0 atom stereocenters. The van der Waals surface area contributed by atoms with E-state index in [9.17, 15) is 22.0 Å². The lowest BCUT2D eigenvalue weighted by atomic mass is 9.78. The summed E-state index contributed by atoms with van der Waals surface area (Å²) in [6.45, 7) is 0.570. The van der Waals surface area contributed by atoms with Crippen molar-refractivity contribution < 1.29 is 31.4 Å². The Hall–Kier alpha value is -0.730. The SMILES string of the molecule is FCCC1COC(C2CCC(c3cc(F)c(C(F)(F)Br)c(F)c3)CC2)OC1. The van der Waals surface area contributed by atoms with Gasteiger partial charge in [0.2, 0.25) is 0 Å². The third-order valence-corrected chi connectivity index (χ3v) is 5.88. The number of hydrogen-bond donors (Lipinski definition) is 0. The van der Waals surface area contributed by atoms with Crippen LogP contribution >= 0.6 is 15.9 Å². The molecule has 1 aromatic carbocycles. The predicted molar refractivity (Wildman–Crippen MR) is 93.7 cm³/mol. The quantitative estimate of drug-likeness (QED) is 0.397. The van der Waals surface area contributed by atoms with E-state index in [2.05, 4.69) is 0 Å². The van der Waals surface area contributed by atoms with Crippen LogP contribution in [0, 0.1) is 23.5 Å². The smallest absolute Gasteiger partial charge is 0.332 e. The van der Waals surface area contributed by atoms with Gasteiger partial charge >= 0.3 is 4.83 Å². The minimum atomic E-state index is -3.74. The Labute approximate surface area is 163 Å². The zero-order chi connectivity index (χ0) is 19.6. The van der Waals surface area contributed by atoms with E-state index in [1.54, 1.807) is 0 Å². The molecule has 1 heterocycles. The molecule has 2 nitrogen and oxygen atoms in total. The Morgan fingerprint density at radius 3 is 2.04 bits per heavy atom. The molecule has 0 radical (unpaired) electrons. The highest BCUT2D eigenvalue weighted by Gasteiger charge is 2.37. The van der Waals surface area contributed by atoms with Gasteiger partial charge in [-0.1, -0.05) is 0 Å². The predicted octanol–water partition coefficient (Wildman–Crippen LogP) is 6.03. The maximum Gasteiger partial charge on any atom is 0.332 e. The normalized spacial score (nSPS) is 29.7. The summed E-state index contributed by atoms with van der Waals surface area (Å²) >= 11 is 2.01. The van der Waals surface area contributed by atoms with Crippen LogP contribution in [0.4, 0.5) is 22.0 Å². The zero-order valence-corrected chi connectivity index (χ0v) is 16.3. The molecule has 1 saturated heterocycles. The van der Waals surface area contributed by atoms with Crippen molar-refractivity contribution in [1.82, 2.24) is 0 Å². The number of ether oxygens (including phenoxy) is 2. The lowest BCUT2D eigenvalue weighted by Crippen LogP contribution is -2.38. The first-order chi connectivity index (χ1) is 12.8. The van der Waals surface area contributed by atoms with E-state index in [0.29, 0.717) is 38.0 Å². The van der Waals surface area contributed by atoms with Crippen molar-refractivity contribution in [3.05, 3.63) is 34.9 Å². The van der Waals surface area contributed by atoms with E-state index in [0.717, 1.165) is 25.0 Å². The highest BCUT2D eigenvalue weighted by atomic mass is 79.9. The van der Waals surface area contributed by atoms with E-state index >= 15 is 0 Å². The molecule has 0 amide bonds. The van der Waals surface area contributed by atoms with Crippen molar-refractivity contribution in [3.63, 3.8) is 0 Å². The lowest BCUT2D eigenvalue weighted by molar-refractivity contribution is -0.229. The largest absolute Gasteiger partial charge is 0.352 e. The molecule has 1 aromatic rings.